The van der Waals surface area contributed by atoms with E-state index >= 15 is 0 Å². The van der Waals surface area contributed by atoms with Gasteiger partial charge in [0.15, 0.2) is 0 Å². The van der Waals surface area contributed by atoms with Crippen LogP contribution in [0, 0.1) is 18.3 Å². The summed E-state index contributed by atoms with van der Waals surface area (Å²) in [5.74, 6) is -0.788. The molecule has 26 heavy (non-hydrogen) atoms. The van der Waals surface area contributed by atoms with E-state index in [4.69, 9.17) is 5.26 Å². The standard InChI is InChI=1S/C19H16F3N3O/c1-13-5-2-3-6-14(13)11-24-12-15(10-23)18(26)25-17-8-4-7-16(9-17)19(20,21)22/h2-9,12,24H,11H2,1H3,(H,25,26)/b15-12-. The molecule has 0 radical (unpaired) electrons. The zero-order valence-corrected chi connectivity index (χ0v) is 13.9. The van der Waals surface area contributed by atoms with Gasteiger partial charge in [-0.3, -0.25) is 4.79 Å². The van der Waals surface area contributed by atoms with Crippen molar-refractivity contribution < 1.29 is 18.0 Å². The third-order valence-corrected chi connectivity index (χ3v) is 3.61. The molecule has 4 nitrogen and oxygen atoms in total. The summed E-state index contributed by atoms with van der Waals surface area (Å²) < 4.78 is 38.1. The normalized spacial score (nSPS) is 11.6. The molecular formula is C19H16F3N3O. The average molecular weight is 359 g/mol. The zero-order valence-electron chi connectivity index (χ0n) is 13.9. The van der Waals surface area contributed by atoms with Gasteiger partial charge in [0, 0.05) is 18.4 Å². The smallest absolute Gasteiger partial charge is 0.386 e. The zero-order chi connectivity index (χ0) is 19.2. The Balaban J connectivity index is 2.05. The lowest BCUT2D eigenvalue weighted by molar-refractivity contribution is -0.137. The van der Waals surface area contributed by atoms with E-state index in [9.17, 15) is 18.0 Å². The van der Waals surface area contributed by atoms with E-state index in [1.165, 1.54) is 18.3 Å². The molecule has 2 N–H and O–H groups in total. The second-order valence-corrected chi connectivity index (χ2v) is 5.51. The average Bonchev–Trinajstić information content (AvgIpc) is 2.59. The van der Waals surface area contributed by atoms with Crippen LogP contribution < -0.4 is 10.6 Å². The van der Waals surface area contributed by atoms with Crippen LogP contribution in [0.4, 0.5) is 18.9 Å². The Bertz CT molecular complexity index is 867. The summed E-state index contributed by atoms with van der Waals surface area (Å²) in [6.07, 6.45) is -3.26. The van der Waals surface area contributed by atoms with Gasteiger partial charge in [0.1, 0.15) is 11.6 Å². The fraction of sp³-hybridized carbons (Fsp3) is 0.158. The minimum atomic E-state index is -4.51. The molecule has 0 saturated carbocycles. The summed E-state index contributed by atoms with van der Waals surface area (Å²) in [7, 11) is 0. The molecule has 7 heteroatoms. The van der Waals surface area contributed by atoms with E-state index in [1.54, 1.807) is 6.07 Å². The van der Waals surface area contributed by atoms with Crippen LogP contribution in [0.15, 0.2) is 60.3 Å². The fourth-order valence-electron chi connectivity index (χ4n) is 2.19. The summed E-state index contributed by atoms with van der Waals surface area (Å²) in [5.41, 5.74) is 0.899. The Kier molecular flexibility index (Phi) is 6.02. The number of aryl methyl sites for hydroxylation is 1. The molecule has 2 aromatic rings. The molecule has 2 aromatic carbocycles. The number of nitriles is 1. The van der Waals surface area contributed by atoms with Crippen molar-refractivity contribution in [3.63, 3.8) is 0 Å². The van der Waals surface area contributed by atoms with Crippen molar-refractivity contribution in [2.24, 2.45) is 0 Å². The highest BCUT2D eigenvalue weighted by Crippen LogP contribution is 2.30. The van der Waals surface area contributed by atoms with Crippen molar-refractivity contribution in [2.75, 3.05) is 5.32 Å². The number of rotatable bonds is 5. The molecule has 0 unspecified atom stereocenters. The Morgan fingerprint density at radius 1 is 1.19 bits per heavy atom. The lowest BCUT2D eigenvalue weighted by Gasteiger charge is -2.10. The number of nitrogens with zero attached hydrogens (tertiary/aromatic N) is 1. The lowest BCUT2D eigenvalue weighted by atomic mass is 10.1. The first-order chi connectivity index (χ1) is 12.3. The minimum Gasteiger partial charge on any atom is -0.386 e. The maximum atomic E-state index is 12.7. The summed E-state index contributed by atoms with van der Waals surface area (Å²) in [6.45, 7) is 2.35. The molecule has 0 heterocycles. The number of alkyl halides is 3. The van der Waals surface area contributed by atoms with Crippen LogP contribution in [-0.4, -0.2) is 5.91 Å². The number of benzene rings is 2. The Labute approximate surface area is 149 Å². The van der Waals surface area contributed by atoms with Crippen LogP contribution in [-0.2, 0) is 17.5 Å². The molecule has 0 aromatic heterocycles. The van der Waals surface area contributed by atoms with Crippen LogP contribution in [0.3, 0.4) is 0 Å². The molecule has 1 amide bonds. The molecule has 0 saturated heterocycles. The Hall–Kier alpha value is -3.27. The van der Waals surface area contributed by atoms with Crippen LogP contribution in [0.5, 0.6) is 0 Å². The predicted octanol–water partition coefficient (Wildman–Crippen LogP) is 4.15. The molecule has 0 atom stereocenters. The Morgan fingerprint density at radius 2 is 1.92 bits per heavy atom. The van der Waals surface area contributed by atoms with Gasteiger partial charge in [0.05, 0.1) is 5.56 Å². The van der Waals surface area contributed by atoms with E-state index in [-0.39, 0.29) is 11.3 Å². The van der Waals surface area contributed by atoms with Crippen LogP contribution in [0.2, 0.25) is 0 Å². The summed E-state index contributed by atoms with van der Waals surface area (Å²) in [5, 5.41) is 14.3. The number of carbonyl (C=O) groups excluding carboxylic acids is 1. The van der Waals surface area contributed by atoms with E-state index in [1.807, 2.05) is 31.2 Å². The maximum Gasteiger partial charge on any atom is 0.416 e. The van der Waals surface area contributed by atoms with Gasteiger partial charge in [-0.15, -0.1) is 0 Å². The van der Waals surface area contributed by atoms with Crippen molar-refractivity contribution >= 4 is 11.6 Å². The van der Waals surface area contributed by atoms with Gasteiger partial charge in [-0.1, -0.05) is 30.3 Å². The minimum absolute atomic E-state index is 0.0371. The molecule has 0 aliphatic carbocycles. The second-order valence-electron chi connectivity index (χ2n) is 5.51. The highest BCUT2D eigenvalue weighted by molar-refractivity contribution is 6.06. The van der Waals surface area contributed by atoms with Crippen molar-refractivity contribution in [1.29, 1.82) is 5.26 Å². The first-order valence-corrected chi connectivity index (χ1v) is 7.68. The number of halogens is 3. The topological polar surface area (TPSA) is 64.9 Å². The van der Waals surface area contributed by atoms with Crippen molar-refractivity contribution in [3.05, 3.63) is 77.0 Å². The highest BCUT2D eigenvalue weighted by atomic mass is 19.4. The van der Waals surface area contributed by atoms with Crippen molar-refractivity contribution in [2.45, 2.75) is 19.6 Å². The highest BCUT2D eigenvalue weighted by Gasteiger charge is 2.30. The van der Waals surface area contributed by atoms with Gasteiger partial charge in [0.25, 0.3) is 5.91 Å². The van der Waals surface area contributed by atoms with Crippen molar-refractivity contribution in [3.8, 4) is 6.07 Å². The molecule has 0 aliphatic rings. The predicted molar refractivity (Wildman–Crippen MR) is 91.8 cm³/mol. The van der Waals surface area contributed by atoms with E-state index in [2.05, 4.69) is 10.6 Å². The second kappa shape index (κ2) is 8.21. The summed E-state index contributed by atoms with van der Waals surface area (Å²) in [6, 6.07) is 13.6. The first-order valence-electron chi connectivity index (χ1n) is 7.68. The molecule has 0 bridgehead atoms. The molecular weight excluding hydrogens is 343 g/mol. The number of anilines is 1. The SMILES string of the molecule is Cc1ccccc1CN/C=C(/C#N)C(=O)Nc1cccc(C(F)(F)F)c1. The monoisotopic (exact) mass is 359 g/mol. The number of hydrogen-bond acceptors (Lipinski definition) is 3. The van der Waals surface area contributed by atoms with Crippen LogP contribution >= 0.6 is 0 Å². The fourth-order valence-corrected chi connectivity index (χ4v) is 2.19. The molecule has 0 aliphatic heterocycles. The third-order valence-electron chi connectivity index (χ3n) is 3.61. The Morgan fingerprint density at radius 3 is 2.58 bits per heavy atom. The lowest BCUT2D eigenvalue weighted by Crippen LogP contribution is -2.17. The van der Waals surface area contributed by atoms with E-state index in [0.29, 0.717) is 6.54 Å². The molecule has 2 rings (SSSR count). The third kappa shape index (κ3) is 5.11. The first kappa shape index (κ1) is 19.1. The van der Waals surface area contributed by atoms with E-state index < -0.39 is 17.6 Å². The largest absolute Gasteiger partial charge is 0.416 e. The van der Waals surface area contributed by atoms with Gasteiger partial charge < -0.3 is 10.6 Å². The molecule has 0 spiro atoms. The number of hydrogen-bond donors (Lipinski definition) is 2. The van der Waals surface area contributed by atoms with Gasteiger partial charge in [-0.25, -0.2) is 0 Å². The van der Waals surface area contributed by atoms with Crippen molar-refractivity contribution in [1.82, 2.24) is 5.32 Å². The van der Waals surface area contributed by atoms with Gasteiger partial charge >= 0.3 is 6.18 Å². The number of nitrogens with one attached hydrogen (secondary N) is 2. The summed E-state index contributed by atoms with van der Waals surface area (Å²) in [4.78, 5) is 12.1. The quantitative estimate of drug-likeness (QED) is 0.623. The van der Waals surface area contributed by atoms with E-state index in [0.717, 1.165) is 23.3 Å². The van der Waals surface area contributed by atoms with Crippen LogP contribution in [0.1, 0.15) is 16.7 Å². The van der Waals surface area contributed by atoms with Gasteiger partial charge in [0.2, 0.25) is 0 Å². The maximum absolute atomic E-state index is 12.7. The van der Waals surface area contributed by atoms with Gasteiger partial charge in [-0.2, -0.15) is 18.4 Å². The van der Waals surface area contributed by atoms with Crippen LogP contribution in [0.25, 0.3) is 0 Å². The number of carbonyl (C=O) groups is 1. The molecule has 134 valence electrons. The molecule has 0 fully saturated rings. The van der Waals surface area contributed by atoms with Gasteiger partial charge in [-0.05, 0) is 36.2 Å². The number of amides is 1. The summed E-state index contributed by atoms with van der Waals surface area (Å²) >= 11 is 0.